The first kappa shape index (κ1) is 15.2. The van der Waals surface area contributed by atoms with E-state index >= 15 is 0 Å². The molecule has 0 aromatic heterocycles. The number of nitrogens with two attached hydrogens (primary N) is 1. The third-order valence-electron chi connectivity index (χ3n) is 2.69. The third kappa shape index (κ3) is 3.90. The number of rotatable bonds is 5. The highest BCUT2D eigenvalue weighted by molar-refractivity contribution is 9.10. The molecule has 2 nitrogen and oxygen atoms in total. The summed E-state index contributed by atoms with van der Waals surface area (Å²) >= 11 is 4.97. The largest absolute Gasteiger partial charge is 0.494 e. The molecule has 5 heteroatoms. The van der Waals surface area contributed by atoms with Gasteiger partial charge in [-0.05, 0) is 42.8 Å². The van der Waals surface area contributed by atoms with Gasteiger partial charge >= 0.3 is 0 Å². The molecule has 0 bridgehead atoms. The van der Waals surface area contributed by atoms with Crippen LogP contribution < -0.4 is 10.5 Å². The van der Waals surface area contributed by atoms with E-state index in [-0.39, 0.29) is 5.82 Å². The molecular weight excluding hydrogens is 341 g/mol. The lowest BCUT2D eigenvalue weighted by Gasteiger charge is -2.10. The maximum Gasteiger partial charge on any atom is 0.124 e. The highest BCUT2D eigenvalue weighted by atomic mass is 79.9. The van der Waals surface area contributed by atoms with Crippen LogP contribution in [0.1, 0.15) is 12.5 Å². The topological polar surface area (TPSA) is 35.2 Å². The number of hydrogen-bond acceptors (Lipinski definition) is 3. The second-order valence-corrected chi connectivity index (χ2v) is 6.03. The van der Waals surface area contributed by atoms with Crippen molar-refractivity contribution in [3.63, 3.8) is 0 Å². The van der Waals surface area contributed by atoms with Crippen molar-refractivity contribution in [2.45, 2.75) is 17.6 Å². The zero-order valence-electron chi connectivity index (χ0n) is 11.0. The summed E-state index contributed by atoms with van der Waals surface area (Å²) in [7, 11) is 0. The number of benzene rings is 2. The molecule has 0 heterocycles. The van der Waals surface area contributed by atoms with Crippen LogP contribution in [-0.4, -0.2) is 6.61 Å². The molecule has 0 aliphatic rings. The van der Waals surface area contributed by atoms with Crippen molar-refractivity contribution < 1.29 is 9.13 Å². The molecule has 0 aliphatic carbocycles. The van der Waals surface area contributed by atoms with E-state index in [9.17, 15) is 4.39 Å². The van der Waals surface area contributed by atoms with Crippen molar-refractivity contribution in [2.24, 2.45) is 0 Å². The third-order valence-corrected chi connectivity index (χ3v) is 4.55. The van der Waals surface area contributed by atoms with Crippen molar-refractivity contribution in [1.29, 1.82) is 0 Å². The molecule has 20 heavy (non-hydrogen) atoms. The molecule has 2 aromatic carbocycles. The lowest BCUT2D eigenvalue weighted by molar-refractivity contribution is 0.339. The van der Waals surface area contributed by atoms with E-state index in [0.717, 1.165) is 26.4 Å². The number of ether oxygens (including phenoxy) is 1. The molecule has 0 radical (unpaired) electrons. The fourth-order valence-electron chi connectivity index (χ4n) is 1.69. The molecule has 0 amide bonds. The van der Waals surface area contributed by atoms with Crippen LogP contribution >= 0.6 is 27.7 Å². The zero-order chi connectivity index (χ0) is 14.5. The van der Waals surface area contributed by atoms with Gasteiger partial charge in [0.15, 0.2) is 0 Å². The van der Waals surface area contributed by atoms with E-state index < -0.39 is 0 Å². The molecule has 106 valence electrons. The van der Waals surface area contributed by atoms with Crippen molar-refractivity contribution in [3.8, 4) is 5.75 Å². The Kier molecular flexibility index (Phi) is 5.31. The molecule has 0 aliphatic heterocycles. The Labute approximate surface area is 130 Å². The average molecular weight is 356 g/mol. The Morgan fingerprint density at radius 2 is 2.05 bits per heavy atom. The molecular formula is C15H15BrFNOS. The quantitative estimate of drug-likeness (QED) is 0.614. The fraction of sp³-hybridized carbons (Fsp3) is 0.200. The monoisotopic (exact) mass is 355 g/mol. The maximum atomic E-state index is 13.0. The molecule has 0 unspecified atom stereocenters. The first-order valence-corrected chi connectivity index (χ1v) is 7.97. The van der Waals surface area contributed by atoms with Gasteiger partial charge in [0.2, 0.25) is 0 Å². The number of anilines is 1. The van der Waals surface area contributed by atoms with E-state index in [4.69, 9.17) is 10.5 Å². The van der Waals surface area contributed by atoms with Crippen LogP contribution in [0.3, 0.4) is 0 Å². The predicted octanol–water partition coefficient (Wildman–Crippen LogP) is 4.86. The van der Waals surface area contributed by atoms with E-state index in [1.165, 1.54) is 12.1 Å². The minimum absolute atomic E-state index is 0.247. The Bertz CT molecular complexity index is 606. The van der Waals surface area contributed by atoms with Crippen LogP contribution in [0.5, 0.6) is 5.75 Å². The van der Waals surface area contributed by atoms with Crippen LogP contribution in [0.15, 0.2) is 45.8 Å². The van der Waals surface area contributed by atoms with Gasteiger partial charge in [0, 0.05) is 20.8 Å². The number of hydrogen-bond donors (Lipinski definition) is 1. The van der Waals surface area contributed by atoms with Gasteiger partial charge in [-0.15, -0.1) is 11.8 Å². The van der Waals surface area contributed by atoms with Crippen LogP contribution in [0.2, 0.25) is 0 Å². The summed E-state index contributed by atoms with van der Waals surface area (Å²) in [6.45, 7) is 2.57. The van der Waals surface area contributed by atoms with Gasteiger partial charge in [-0.25, -0.2) is 4.39 Å². The van der Waals surface area contributed by atoms with Gasteiger partial charge in [0.05, 0.1) is 6.61 Å². The number of thioether (sulfide) groups is 1. The highest BCUT2D eigenvalue weighted by Crippen LogP contribution is 2.33. The van der Waals surface area contributed by atoms with E-state index in [2.05, 4.69) is 15.9 Å². The lowest BCUT2D eigenvalue weighted by atomic mass is 10.2. The summed E-state index contributed by atoms with van der Waals surface area (Å²) in [6, 6.07) is 10.3. The Morgan fingerprint density at radius 1 is 1.25 bits per heavy atom. The van der Waals surface area contributed by atoms with Gasteiger partial charge in [0.25, 0.3) is 0 Å². The summed E-state index contributed by atoms with van der Waals surface area (Å²) in [6.07, 6.45) is 0. The minimum atomic E-state index is -0.247. The van der Waals surface area contributed by atoms with Gasteiger partial charge in [0.1, 0.15) is 11.6 Å². The molecule has 2 rings (SSSR count). The van der Waals surface area contributed by atoms with Crippen molar-refractivity contribution in [3.05, 3.63) is 52.3 Å². The molecule has 2 N–H and O–H groups in total. The zero-order valence-corrected chi connectivity index (χ0v) is 13.4. The maximum absolute atomic E-state index is 13.0. The molecule has 0 saturated heterocycles. The summed E-state index contributed by atoms with van der Waals surface area (Å²) in [5.41, 5.74) is 7.71. The highest BCUT2D eigenvalue weighted by Gasteiger charge is 2.06. The van der Waals surface area contributed by atoms with Crippen LogP contribution in [0.4, 0.5) is 10.1 Å². The predicted molar refractivity (Wildman–Crippen MR) is 85.7 cm³/mol. The molecule has 0 fully saturated rings. The molecule has 2 aromatic rings. The lowest BCUT2D eigenvalue weighted by Crippen LogP contribution is -1.94. The summed E-state index contributed by atoms with van der Waals surface area (Å²) in [4.78, 5) is 0.965. The van der Waals surface area contributed by atoms with Crippen LogP contribution in [0, 0.1) is 5.82 Å². The van der Waals surface area contributed by atoms with E-state index in [1.807, 2.05) is 25.1 Å². The summed E-state index contributed by atoms with van der Waals surface area (Å²) in [5.74, 6) is 1.27. The SMILES string of the molecule is CCOc1ccc(N)c(SCc2ccc(F)cc2Br)c1. The minimum Gasteiger partial charge on any atom is -0.494 e. The first-order chi connectivity index (χ1) is 9.60. The standard InChI is InChI=1S/C15H15BrFNOS/c1-2-19-12-5-6-14(18)15(8-12)20-9-10-3-4-11(17)7-13(10)16/h3-8H,2,9,18H2,1H3. The number of nitrogen functional groups attached to an aromatic ring is 1. The Balaban J connectivity index is 2.11. The first-order valence-electron chi connectivity index (χ1n) is 6.19. The second-order valence-electron chi connectivity index (χ2n) is 4.16. The normalized spacial score (nSPS) is 10.6. The van der Waals surface area contributed by atoms with Crippen molar-refractivity contribution in [2.75, 3.05) is 12.3 Å². The second kappa shape index (κ2) is 6.99. The van der Waals surface area contributed by atoms with Crippen LogP contribution in [-0.2, 0) is 5.75 Å². The van der Waals surface area contributed by atoms with Gasteiger partial charge in [-0.2, -0.15) is 0 Å². The fourth-order valence-corrected chi connectivity index (χ4v) is 3.36. The average Bonchev–Trinajstić information content (AvgIpc) is 2.41. The molecule has 0 spiro atoms. The van der Waals surface area contributed by atoms with E-state index in [1.54, 1.807) is 17.8 Å². The van der Waals surface area contributed by atoms with Gasteiger partial charge in [-0.1, -0.05) is 22.0 Å². The van der Waals surface area contributed by atoms with E-state index in [0.29, 0.717) is 12.4 Å². The Hall–Kier alpha value is -1.20. The van der Waals surface area contributed by atoms with Gasteiger partial charge < -0.3 is 10.5 Å². The smallest absolute Gasteiger partial charge is 0.124 e. The molecule has 0 saturated carbocycles. The van der Waals surface area contributed by atoms with Crippen molar-refractivity contribution in [1.82, 2.24) is 0 Å². The summed E-state index contributed by atoms with van der Waals surface area (Å²) < 4.78 is 19.3. The molecule has 0 atom stereocenters. The number of halogens is 2. The Morgan fingerprint density at radius 3 is 2.75 bits per heavy atom. The van der Waals surface area contributed by atoms with Gasteiger partial charge in [-0.3, -0.25) is 0 Å². The summed E-state index contributed by atoms with van der Waals surface area (Å²) in [5, 5.41) is 0. The van der Waals surface area contributed by atoms with Crippen LogP contribution in [0.25, 0.3) is 0 Å². The van der Waals surface area contributed by atoms with Crippen molar-refractivity contribution >= 4 is 33.4 Å².